The van der Waals surface area contributed by atoms with Crippen molar-refractivity contribution < 1.29 is 19.9 Å². The molecule has 0 fully saturated rings. The Kier molecular flexibility index (Phi) is 6.76. The van der Waals surface area contributed by atoms with Crippen molar-refractivity contribution >= 4 is 0 Å². The molecule has 5 nitrogen and oxygen atoms in total. The van der Waals surface area contributed by atoms with Gasteiger partial charge in [0.05, 0.1) is 33.0 Å². The summed E-state index contributed by atoms with van der Waals surface area (Å²) in [5, 5.41) is 18.6. The van der Waals surface area contributed by atoms with Gasteiger partial charge in [0.2, 0.25) is 0 Å². The topological polar surface area (TPSA) is 62.2 Å². The average Bonchev–Trinajstić information content (AvgIpc) is 2.35. The van der Waals surface area contributed by atoms with E-state index in [2.05, 4.69) is 0 Å². The second-order valence-electron chi connectivity index (χ2n) is 3.59. The lowest BCUT2D eigenvalue weighted by Crippen LogP contribution is -2.27. The van der Waals surface area contributed by atoms with Crippen LogP contribution in [0.15, 0.2) is 24.3 Å². The highest BCUT2D eigenvalue weighted by atomic mass is 16.9. The third-order valence-corrected chi connectivity index (χ3v) is 2.09. The van der Waals surface area contributed by atoms with Gasteiger partial charge in [-0.3, -0.25) is 9.68 Å². The second kappa shape index (κ2) is 8.16. The van der Waals surface area contributed by atoms with Crippen molar-refractivity contribution in [1.29, 1.82) is 0 Å². The van der Waals surface area contributed by atoms with Crippen molar-refractivity contribution in [3.8, 4) is 0 Å². The van der Waals surface area contributed by atoms with Gasteiger partial charge in [-0.1, -0.05) is 35.1 Å². The van der Waals surface area contributed by atoms with E-state index in [1.807, 2.05) is 31.2 Å². The number of aliphatic hydroxyl groups excluding tert-OH is 2. The van der Waals surface area contributed by atoms with E-state index >= 15 is 0 Å². The maximum Gasteiger partial charge on any atom is 0.0942 e. The first kappa shape index (κ1) is 14.1. The minimum absolute atomic E-state index is 0.0765. The Hall–Kier alpha value is -0.980. The van der Waals surface area contributed by atoms with Crippen LogP contribution in [0.1, 0.15) is 11.1 Å². The van der Waals surface area contributed by atoms with E-state index in [9.17, 15) is 0 Å². The minimum Gasteiger partial charge on any atom is -0.394 e. The fraction of sp³-hybridized carbons (Fsp3) is 0.500. The maximum absolute atomic E-state index is 8.69. The molecule has 0 unspecified atom stereocenters. The van der Waals surface area contributed by atoms with Gasteiger partial charge in [0.1, 0.15) is 0 Å². The Morgan fingerprint density at radius 2 is 1.53 bits per heavy atom. The van der Waals surface area contributed by atoms with Gasteiger partial charge >= 0.3 is 0 Å². The lowest BCUT2D eigenvalue weighted by molar-refractivity contribution is -0.378. The van der Waals surface area contributed by atoms with E-state index in [0.717, 1.165) is 5.56 Å². The largest absolute Gasteiger partial charge is 0.394 e. The Morgan fingerprint density at radius 1 is 1.00 bits per heavy atom. The minimum atomic E-state index is -0.0765. The molecule has 0 aliphatic carbocycles. The normalized spacial score (nSPS) is 11.1. The summed E-state index contributed by atoms with van der Waals surface area (Å²) in [6, 6.07) is 7.97. The first-order valence-corrected chi connectivity index (χ1v) is 5.57. The molecule has 0 amide bonds. The molecule has 5 heteroatoms. The molecule has 0 heterocycles. The number of benzene rings is 1. The molecule has 96 valence electrons. The Bertz CT molecular complexity index is 294. The van der Waals surface area contributed by atoms with Gasteiger partial charge in [0.25, 0.3) is 0 Å². The summed E-state index contributed by atoms with van der Waals surface area (Å²) in [6.07, 6.45) is 0. The number of hydrogen-bond donors (Lipinski definition) is 2. The highest BCUT2D eigenvalue weighted by Crippen LogP contribution is 2.07. The molecular weight excluding hydrogens is 222 g/mol. The van der Waals surface area contributed by atoms with Crippen LogP contribution in [0.4, 0.5) is 0 Å². The third kappa shape index (κ3) is 5.76. The van der Waals surface area contributed by atoms with Gasteiger partial charge in [0, 0.05) is 0 Å². The zero-order valence-corrected chi connectivity index (χ0v) is 10.0. The molecule has 0 saturated carbocycles. The lowest BCUT2D eigenvalue weighted by Gasteiger charge is -2.20. The first-order chi connectivity index (χ1) is 8.26. The standard InChI is InChI=1S/C12H19NO4/c1-11-2-4-12(5-3-11)10-13(16-8-6-14)17-9-7-15/h2-5,14-15H,6-10H2,1H3. The molecule has 0 aromatic heterocycles. The second-order valence-corrected chi connectivity index (χ2v) is 3.59. The predicted octanol–water partition coefficient (Wildman–Crippen LogP) is 0.645. The summed E-state index contributed by atoms with van der Waals surface area (Å²) >= 11 is 0. The SMILES string of the molecule is Cc1ccc(CN(OCCO)OCCO)cc1. The van der Waals surface area contributed by atoms with Crippen molar-refractivity contribution in [3.63, 3.8) is 0 Å². The molecule has 0 aliphatic rings. The van der Waals surface area contributed by atoms with Gasteiger partial charge in [-0.05, 0) is 12.5 Å². The predicted molar refractivity (Wildman–Crippen MR) is 62.8 cm³/mol. The number of hydroxylamine groups is 2. The molecule has 0 spiro atoms. The number of aliphatic hydroxyl groups is 2. The van der Waals surface area contributed by atoms with Crippen LogP contribution in [0.3, 0.4) is 0 Å². The van der Waals surface area contributed by atoms with Crippen LogP contribution in [0.25, 0.3) is 0 Å². The summed E-state index contributed by atoms with van der Waals surface area (Å²) in [5.41, 5.74) is 2.22. The monoisotopic (exact) mass is 241 g/mol. The van der Waals surface area contributed by atoms with Crippen molar-refractivity contribution in [2.75, 3.05) is 26.4 Å². The number of aryl methyl sites for hydroxylation is 1. The molecule has 2 N–H and O–H groups in total. The van der Waals surface area contributed by atoms with Crippen molar-refractivity contribution in [2.45, 2.75) is 13.5 Å². The third-order valence-electron chi connectivity index (χ3n) is 2.09. The maximum atomic E-state index is 8.69. The number of rotatable bonds is 8. The molecule has 0 radical (unpaired) electrons. The molecule has 0 aliphatic heterocycles. The zero-order chi connectivity index (χ0) is 12.5. The molecule has 1 aromatic carbocycles. The fourth-order valence-electron chi connectivity index (χ4n) is 1.26. The van der Waals surface area contributed by atoms with Crippen molar-refractivity contribution in [2.24, 2.45) is 0 Å². The van der Waals surface area contributed by atoms with E-state index in [1.54, 1.807) is 0 Å². The number of nitrogens with zero attached hydrogens (tertiary/aromatic N) is 1. The zero-order valence-electron chi connectivity index (χ0n) is 10.0. The fourth-order valence-corrected chi connectivity index (χ4v) is 1.26. The Labute approximate surface area is 101 Å². The Morgan fingerprint density at radius 3 is 2.00 bits per heavy atom. The van der Waals surface area contributed by atoms with E-state index in [-0.39, 0.29) is 26.4 Å². The molecule has 0 atom stereocenters. The summed E-state index contributed by atoms with van der Waals surface area (Å²) in [6.45, 7) is 2.64. The van der Waals surface area contributed by atoms with E-state index < -0.39 is 0 Å². The molecule has 0 saturated heterocycles. The van der Waals surface area contributed by atoms with Gasteiger partial charge in [-0.2, -0.15) is 0 Å². The molecule has 17 heavy (non-hydrogen) atoms. The average molecular weight is 241 g/mol. The van der Waals surface area contributed by atoms with Crippen molar-refractivity contribution in [1.82, 2.24) is 5.23 Å². The summed E-state index contributed by atoms with van der Waals surface area (Å²) in [7, 11) is 0. The van der Waals surface area contributed by atoms with Crippen LogP contribution in [-0.4, -0.2) is 41.9 Å². The van der Waals surface area contributed by atoms with Crippen molar-refractivity contribution in [3.05, 3.63) is 35.4 Å². The summed E-state index contributed by atoms with van der Waals surface area (Å²) < 4.78 is 0. The number of hydrogen-bond acceptors (Lipinski definition) is 5. The highest BCUT2D eigenvalue weighted by molar-refractivity contribution is 5.20. The molecular formula is C12H19NO4. The molecule has 0 bridgehead atoms. The van der Waals surface area contributed by atoms with Gasteiger partial charge < -0.3 is 10.2 Å². The van der Waals surface area contributed by atoms with Gasteiger partial charge in [0.15, 0.2) is 0 Å². The van der Waals surface area contributed by atoms with E-state index in [0.29, 0.717) is 6.54 Å². The smallest absolute Gasteiger partial charge is 0.0942 e. The molecule has 1 aromatic rings. The van der Waals surface area contributed by atoms with Crippen LogP contribution >= 0.6 is 0 Å². The van der Waals surface area contributed by atoms with Crippen LogP contribution in [0.5, 0.6) is 0 Å². The lowest BCUT2D eigenvalue weighted by atomic mass is 10.1. The highest BCUT2D eigenvalue weighted by Gasteiger charge is 2.07. The van der Waals surface area contributed by atoms with Crippen LogP contribution in [0, 0.1) is 6.92 Å². The quantitative estimate of drug-likeness (QED) is 0.654. The van der Waals surface area contributed by atoms with E-state index in [4.69, 9.17) is 19.9 Å². The first-order valence-electron chi connectivity index (χ1n) is 5.57. The van der Waals surface area contributed by atoms with Crippen LogP contribution in [0.2, 0.25) is 0 Å². The van der Waals surface area contributed by atoms with E-state index in [1.165, 1.54) is 10.8 Å². The Balaban J connectivity index is 2.48. The van der Waals surface area contributed by atoms with Crippen LogP contribution in [-0.2, 0) is 16.2 Å². The van der Waals surface area contributed by atoms with Gasteiger partial charge in [-0.15, -0.1) is 0 Å². The summed E-state index contributed by atoms with van der Waals surface area (Å²) in [5.74, 6) is 0. The summed E-state index contributed by atoms with van der Waals surface area (Å²) in [4.78, 5) is 10.4. The van der Waals surface area contributed by atoms with Gasteiger partial charge in [-0.25, -0.2) is 0 Å². The van der Waals surface area contributed by atoms with Crippen LogP contribution < -0.4 is 0 Å². The molecule has 1 rings (SSSR count).